The average Bonchev–Trinajstić information content (AvgIpc) is 3.71. The Kier molecular flexibility index (Phi) is 8.15. The summed E-state index contributed by atoms with van der Waals surface area (Å²) >= 11 is 0. The third kappa shape index (κ3) is 5.89. The van der Waals surface area contributed by atoms with Crippen molar-refractivity contribution in [3.8, 4) is 44.5 Å². The summed E-state index contributed by atoms with van der Waals surface area (Å²) in [6.45, 7) is 0. The SMILES string of the molecule is c1ccc(-c2ccc(N(c3ccc(-c4ccccc4)cc3)c3ccc(-c4ccc5c(c4)c4cc(-c6ccccc6)ccc4c4nc6ccccc6n54)cc3)cc2)cc1. The zero-order valence-electron chi connectivity index (χ0n) is 31.7. The predicted molar refractivity (Wildman–Crippen MR) is 244 cm³/mol. The van der Waals surface area contributed by atoms with Crippen molar-refractivity contribution in [1.29, 1.82) is 0 Å². The zero-order valence-corrected chi connectivity index (χ0v) is 31.7. The van der Waals surface area contributed by atoms with E-state index in [0.29, 0.717) is 0 Å². The van der Waals surface area contributed by atoms with Crippen molar-refractivity contribution in [2.24, 2.45) is 0 Å². The minimum Gasteiger partial charge on any atom is -0.311 e. The van der Waals surface area contributed by atoms with Gasteiger partial charge in [0, 0.05) is 27.8 Å². The summed E-state index contributed by atoms with van der Waals surface area (Å²) < 4.78 is 2.33. The highest BCUT2D eigenvalue weighted by Crippen LogP contribution is 2.40. The first kappa shape index (κ1) is 33.6. The van der Waals surface area contributed by atoms with Crippen LogP contribution in [-0.2, 0) is 0 Å². The van der Waals surface area contributed by atoms with E-state index >= 15 is 0 Å². The normalized spacial score (nSPS) is 11.4. The second kappa shape index (κ2) is 14.1. The lowest BCUT2D eigenvalue weighted by Crippen LogP contribution is -2.09. The van der Waals surface area contributed by atoms with Crippen molar-refractivity contribution in [1.82, 2.24) is 9.38 Å². The molecule has 0 N–H and O–H groups in total. The van der Waals surface area contributed by atoms with Crippen LogP contribution in [0, 0.1) is 0 Å². The molecule has 3 heteroatoms. The molecule has 2 heterocycles. The van der Waals surface area contributed by atoms with Crippen LogP contribution in [0.2, 0.25) is 0 Å². The van der Waals surface area contributed by atoms with Gasteiger partial charge in [-0.15, -0.1) is 0 Å². The number of benzene rings is 9. The summed E-state index contributed by atoms with van der Waals surface area (Å²) in [6.07, 6.45) is 0. The summed E-state index contributed by atoms with van der Waals surface area (Å²) in [7, 11) is 0. The van der Waals surface area contributed by atoms with E-state index in [9.17, 15) is 0 Å². The van der Waals surface area contributed by atoms with Crippen LogP contribution in [-0.4, -0.2) is 9.38 Å². The lowest BCUT2D eigenvalue weighted by molar-refractivity contribution is 1.28. The minimum atomic E-state index is 0.981. The van der Waals surface area contributed by atoms with Gasteiger partial charge in [0.15, 0.2) is 0 Å². The number of pyridine rings is 1. The fraction of sp³-hybridized carbons (Fsp3) is 0. The molecule has 11 rings (SSSR count). The Morgan fingerprint density at radius 2 is 0.690 bits per heavy atom. The summed E-state index contributed by atoms with van der Waals surface area (Å²) in [5.74, 6) is 0. The summed E-state index contributed by atoms with van der Waals surface area (Å²) in [4.78, 5) is 7.49. The van der Waals surface area contributed by atoms with Crippen molar-refractivity contribution < 1.29 is 0 Å². The second-order valence-electron chi connectivity index (χ2n) is 14.8. The third-order valence-electron chi connectivity index (χ3n) is 11.4. The number of aromatic nitrogens is 2. The first-order valence-electron chi connectivity index (χ1n) is 19.8. The molecule has 0 bridgehead atoms. The van der Waals surface area contributed by atoms with Crippen LogP contribution in [0.3, 0.4) is 0 Å². The number of rotatable bonds is 7. The number of fused-ring (bicyclic) bond motifs is 8. The monoisotopic (exact) mass is 739 g/mol. The number of hydrogen-bond donors (Lipinski definition) is 0. The average molecular weight is 740 g/mol. The molecule has 0 radical (unpaired) electrons. The Bertz CT molecular complexity index is 3140. The molecule has 0 aliphatic rings. The molecule has 0 aliphatic heterocycles. The molecule has 272 valence electrons. The molecule has 0 saturated heterocycles. The maximum atomic E-state index is 5.15. The maximum Gasteiger partial charge on any atom is 0.146 e. The predicted octanol–water partition coefficient (Wildman–Crippen LogP) is 14.9. The molecule has 0 aliphatic carbocycles. The van der Waals surface area contributed by atoms with Crippen LogP contribution in [0.15, 0.2) is 224 Å². The van der Waals surface area contributed by atoms with Gasteiger partial charge in [-0.25, -0.2) is 4.98 Å². The number of imidazole rings is 1. The molecule has 9 aromatic carbocycles. The summed E-state index contributed by atoms with van der Waals surface area (Å²) in [6, 6.07) is 80.6. The molecular formula is C55H37N3. The molecule has 2 aromatic heterocycles. The van der Waals surface area contributed by atoms with Gasteiger partial charge in [-0.3, -0.25) is 4.40 Å². The van der Waals surface area contributed by atoms with Crippen LogP contribution in [0.25, 0.3) is 82.9 Å². The largest absolute Gasteiger partial charge is 0.311 e. The van der Waals surface area contributed by atoms with Crippen molar-refractivity contribution in [3.63, 3.8) is 0 Å². The van der Waals surface area contributed by atoms with E-state index in [1.165, 1.54) is 49.7 Å². The van der Waals surface area contributed by atoms with Gasteiger partial charge in [-0.05, 0) is 123 Å². The van der Waals surface area contributed by atoms with Crippen molar-refractivity contribution in [2.45, 2.75) is 0 Å². The first-order valence-corrected chi connectivity index (χ1v) is 19.8. The van der Waals surface area contributed by atoms with Gasteiger partial charge in [0.25, 0.3) is 0 Å². The topological polar surface area (TPSA) is 20.5 Å². The smallest absolute Gasteiger partial charge is 0.146 e. The lowest BCUT2D eigenvalue weighted by atomic mass is 9.96. The van der Waals surface area contributed by atoms with Gasteiger partial charge < -0.3 is 4.90 Å². The number of hydrogen-bond acceptors (Lipinski definition) is 2. The molecule has 0 fully saturated rings. The van der Waals surface area contributed by atoms with E-state index in [-0.39, 0.29) is 0 Å². The molecule has 0 saturated carbocycles. The van der Waals surface area contributed by atoms with E-state index < -0.39 is 0 Å². The molecule has 0 unspecified atom stereocenters. The zero-order chi connectivity index (χ0) is 38.4. The number of para-hydroxylation sites is 2. The van der Waals surface area contributed by atoms with Crippen LogP contribution in [0.5, 0.6) is 0 Å². The van der Waals surface area contributed by atoms with Gasteiger partial charge in [-0.2, -0.15) is 0 Å². The van der Waals surface area contributed by atoms with Crippen LogP contribution in [0.4, 0.5) is 17.1 Å². The van der Waals surface area contributed by atoms with Gasteiger partial charge in [0.1, 0.15) is 5.65 Å². The molecular weight excluding hydrogens is 703 g/mol. The van der Waals surface area contributed by atoms with E-state index in [1.54, 1.807) is 0 Å². The molecule has 0 amide bonds. The fourth-order valence-electron chi connectivity index (χ4n) is 8.47. The molecule has 11 aromatic rings. The molecule has 0 spiro atoms. The van der Waals surface area contributed by atoms with Crippen LogP contribution < -0.4 is 4.90 Å². The Morgan fingerprint density at radius 3 is 1.22 bits per heavy atom. The first-order chi connectivity index (χ1) is 28.7. The van der Waals surface area contributed by atoms with Crippen LogP contribution >= 0.6 is 0 Å². The van der Waals surface area contributed by atoms with Gasteiger partial charge in [0.2, 0.25) is 0 Å². The van der Waals surface area contributed by atoms with Crippen LogP contribution in [0.1, 0.15) is 0 Å². The van der Waals surface area contributed by atoms with E-state index in [1.807, 2.05) is 0 Å². The maximum absolute atomic E-state index is 5.15. The van der Waals surface area contributed by atoms with E-state index in [2.05, 4.69) is 234 Å². The Morgan fingerprint density at radius 1 is 0.293 bits per heavy atom. The number of nitrogens with zero attached hydrogens (tertiary/aromatic N) is 3. The van der Waals surface area contributed by atoms with Gasteiger partial charge in [-0.1, -0.05) is 152 Å². The van der Waals surface area contributed by atoms with Crippen molar-refractivity contribution >= 4 is 55.4 Å². The standard InChI is InChI=1S/C55H37N3/c1-4-12-38(13-5-1)41-20-28-46(29-21-41)57(47-30-22-42(23-31-47)39-14-6-2-7-15-39)48-32-24-43(25-33-48)45-27-35-53-51(37-45)50-36-44(40-16-8-3-9-17-40)26-34-49(50)55-56-52-18-10-11-19-54(52)58(53)55/h1-37H. The molecule has 3 nitrogen and oxygen atoms in total. The minimum absolute atomic E-state index is 0.981. The highest BCUT2D eigenvalue weighted by atomic mass is 15.1. The Balaban J connectivity index is 1.03. The highest BCUT2D eigenvalue weighted by Gasteiger charge is 2.17. The van der Waals surface area contributed by atoms with E-state index in [0.717, 1.165) is 50.2 Å². The third-order valence-corrected chi connectivity index (χ3v) is 11.4. The van der Waals surface area contributed by atoms with Crippen molar-refractivity contribution in [2.75, 3.05) is 4.90 Å². The van der Waals surface area contributed by atoms with Crippen molar-refractivity contribution in [3.05, 3.63) is 224 Å². The van der Waals surface area contributed by atoms with Gasteiger partial charge >= 0.3 is 0 Å². The van der Waals surface area contributed by atoms with E-state index in [4.69, 9.17) is 4.98 Å². The highest BCUT2D eigenvalue weighted by molar-refractivity contribution is 6.15. The summed E-state index contributed by atoms with van der Waals surface area (Å²) in [5, 5.41) is 3.54. The fourth-order valence-corrected chi connectivity index (χ4v) is 8.47. The number of anilines is 3. The Labute approximate surface area is 337 Å². The Hall–Kier alpha value is -7.75. The second-order valence-corrected chi connectivity index (χ2v) is 14.8. The quantitative estimate of drug-likeness (QED) is 0.152. The van der Waals surface area contributed by atoms with Gasteiger partial charge in [0.05, 0.1) is 16.6 Å². The summed E-state index contributed by atoms with van der Waals surface area (Å²) in [5.41, 5.74) is 17.0. The molecule has 0 atom stereocenters. The lowest BCUT2D eigenvalue weighted by Gasteiger charge is -2.26. The molecule has 58 heavy (non-hydrogen) atoms.